The zero-order chi connectivity index (χ0) is 12.0. The minimum absolute atomic E-state index is 0.431. The van der Waals surface area contributed by atoms with Gasteiger partial charge in [0.25, 0.3) is 0 Å². The fourth-order valence-electron chi connectivity index (χ4n) is 1.25. The number of hydrogen-bond acceptors (Lipinski definition) is 2. The SMILES string of the molecule is CC(=CC(=O)O)C=C(C)CC(C)C(=O)O. The quantitative estimate of drug-likeness (QED) is 0.540. The molecule has 0 fully saturated rings. The van der Waals surface area contributed by atoms with E-state index in [1.165, 1.54) is 0 Å². The Bertz CT molecular complexity index is 313. The lowest BCUT2D eigenvalue weighted by molar-refractivity contribution is -0.141. The first-order chi connectivity index (χ1) is 6.82. The summed E-state index contributed by atoms with van der Waals surface area (Å²) in [5.74, 6) is -2.29. The molecule has 0 bridgehead atoms. The maximum absolute atomic E-state index is 10.6. The zero-order valence-corrected chi connectivity index (χ0v) is 9.15. The molecule has 0 aromatic carbocycles. The summed E-state index contributed by atoms with van der Waals surface area (Å²) in [5.41, 5.74) is 1.47. The first-order valence-corrected chi connectivity index (χ1v) is 4.64. The molecule has 0 aromatic heterocycles. The summed E-state index contributed by atoms with van der Waals surface area (Å²) < 4.78 is 0. The minimum Gasteiger partial charge on any atom is -0.481 e. The Morgan fingerprint density at radius 3 is 2.13 bits per heavy atom. The van der Waals surface area contributed by atoms with E-state index in [-0.39, 0.29) is 0 Å². The van der Waals surface area contributed by atoms with Gasteiger partial charge < -0.3 is 10.2 Å². The Morgan fingerprint density at radius 2 is 1.73 bits per heavy atom. The topological polar surface area (TPSA) is 74.6 Å². The lowest BCUT2D eigenvalue weighted by atomic mass is 10.0. The van der Waals surface area contributed by atoms with Gasteiger partial charge in [0.15, 0.2) is 0 Å². The molecule has 2 N–H and O–H groups in total. The molecule has 0 amide bonds. The Balaban J connectivity index is 4.44. The van der Waals surface area contributed by atoms with Crippen LogP contribution in [0.25, 0.3) is 0 Å². The first kappa shape index (κ1) is 13.4. The molecule has 0 saturated heterocycles. The van der Waals surface area contributed by atoms with Crippen LogP contribution in [0.5, 0.6) is 0 Å². The number of carbonyl (C=O) groups is 2. The number of carboxylic acids is 2. The van der Waals surface area contributed by atoms with Crippen LogP contribution < -0.4 is 0 Å². The van der Waals surface area contributed by atoms with Crippen LogP contribution in [0, 0.1) is 5.92 Å². The lowest BCUT2D eigenvalue weighted by Crippen LogP contribution is -2.09. The third-order valence-corrected chi connectivity index (χ3v) is 1.87. The Kier molecular flexibility index (Phi) is 5.37. The van der Waals surface area contributed by atoms with Gasteiger partial charge in [0.05, 0.1) is 5.92 Å². The van der Waals surface area contributed by atoms with E-state index in [0.29, 0.717) is 12.0 Å². The number of rotatable bonds is 5. The third kappa shape index (κ3) is 6.49. The van der Waals surface area contributed by atoms with Crippen LogP contribution in [-0.4, -0.2) is 22.2 Å². The molecule has 0 aromatic rings. The smallest absolute Gasteiger partial charge is 0.328 e. The largest absolute Gasteiger partial charge is 0.481 e. The molecule has 15 heavy (non-hydrogen) atoms. The molecular formula is C11H16O4. The molecule has 84 valence electrons. The minimum atomic E-state index is -0.997. The van der Waals surface area contributed by atoms with Crippen molar-refractivity contribution >= 4 is 11.9 Å². The summed E-state index contributed by atoms with van der Waals surface area (Å²) in [5, 5.41) is 17.1. The van der Waals surface area contributed by atoms with E-state index in [1.807, 2.05) is 0 Å². The number of aliphatic carboxylic acids is 2. The van der Waals surface area contributed by atoms with Crippen molar-refractivity contribution in [2.24, 2.45) is 5.92 Å². The Hall–Kier alpha value is -1.58. The summed E-state index contributed by atoms with van der Waals surface area (Å²) in [6.45, 7) is 5.08. The van der Waals surface area contributed by atoms with Crippen LogP contribution in [0.3, 0.4) is 0 Å². The summed E-state index contributed by atoms with van der Waals surface area (Å²) in [6.07, 6.45) is 3.21. The second-order valence-corrected chi connectivity index (χ2v) is 3.66. The average molecular weight is 212 g/mol. The molecular weight excluding hydrogens is 196 g/mol. The predicted molar refractivity (Wildman–Crippen MR) is 56.6 cm³/mol. The first-order valence-electron chi connectivity index (χ1n) is 4.64. The van der Waals surface area contributed by atoms with Crippen molar-refractivity contribution in [2.45, 2.75) is 27.2 Å². The van der Waals surface area contributed by atoms with Crippen molar-refractivity contribution in [1.29, 1.82) is 0 Å². The fourth-order valence-corrected chi connectivity index (χ4v) is 1.25. The molecule has 0 aliphatic rings. The van der Waals surface area contributed by atoms with Crippen molar-refractivity contribution in [3.63, 3.8) is 0 Å². The van der Waals surface area contributed by atoms with E-state index in [4.69, 9.17) is 10.2 Å². The van der Waals surface area contributed by atoms with E-state index >= 15 is 0 Å². The van der Waals surface area contributed by atoms with Crippen LogP contribution >= 0.6 is 0 Å². The molecule has 0 aliphatic heterocycles. The molecule has 0 radical (unpaired) electrons. The summed E-state index contributed by atoms with van der Waals surface area (Å²) in [6, 6.07) is 0. The van der Waals surface area contributed by atoms with Crippen LogP contribution in [0.4, 0.5) is 0 Å². The van der Waals surface area contributed by atoms with E-state index in [9.17, 15) is 9.59 Å². The van der Waals surface area contributed by atoms with Crippen molar-refractivity contribution in [1.82, 2.24) is 0 Å². The van der Waals surface area contributed by atoms with Gasteiger partial charge in [-0.15, -0.1) is 0 Å². The summed E-state index contributed by atoms with van der Waals surface area (Å²) in [4.78, 5) is 20.9. The van der Waals surface area contributed by atoms with Gasteiger partial charge in [0.1, 0.15) is 0 Å². The van der Waals surface area contributed by atoms with Gasteiger partial charge >= 0.3 is 11.9 Å². The van der Waals surface area contributed by atoms with E-state index in [0.717, 1.165) is 11.6 Å². The molecule has 1 atom stereocenters. The van der Waals surface area contributed by atoms with Gasteiger partial charge in [-0.2, -0.15) is 0 Å². The van der Waals surface area contributed by atoms with E-state index < -0.39 is 17.9 Å². The normalized spacial score (nSPS) is 14.9. The molecule has 0 heterocycles. The molecule has 0 rings (SSSR count). The van der Waals surface area contributed by atoms with Gasteiger partial charge in [-0.05, 0) is 25.8 Å². The predicted octanol–water partition coefficient (Wildman–Crippen LogP) is 2.07. The van der Waals surface area contributed by atoms with Crippen LogP contribution in [0.2, 0.25) is 0 Å². The standard InChI is InChI=1S/C11H16O4/c1-7(5-9(3)11(14)15)4-8(2)6-10(12)13/h4,6,9H,5H2,1-3H3,(H,12,13)(H,14,15). The highest BCUT2D eigenvalue weighted by atomic mass is 16.4. The highest BCUT2D eigenvalue weighted by molar-refractivity contribution is 5.81. The van der Waals surface area contributed by atoms with Crippen molar-refractivity contribution in [3.05, 3.63) is 23.3 Å². The van der Waals surface area contributed by atoms with Gasteiger partial charge in [-0.3, -0.25) is 4.79 Å². The molecule has 0 spiro atoms. The van der Waals surface area contributed by atoms with Crippen molar-refractivity contribution in [2.75, 3.05) is 0 Å². The second kappa shape index (κ2) is 6.01. The molecule has 4 heteroatoms. The van der Waals surface area contributed by atoms with Gasteiger partial charge in [0, 0.05) is 6.08 Å². The monoisotopic (exact) mass is 212 g/mol. The highest BCUT2D eigenvalue weighted by Crippen LogP contribution is 2.13. The van der Waals surface area contributed by atoms with Gasteiger partial charge in [0.2, 0.25) is 0 Å². The number of carboxylic acid groups (broad SMARTS) is 2. The fraction of sp³-hybridized carbons (Fsp3) is 0.455. The zero-order valence-electron chi connectivity index (χ0n) is 9.15. The van der Waals surface area contributed by atoms with Crippen LogP contribution in [-0.2, 0) is 9.59 Å². The van der Waals surface area contributed by atoms with E-state index in [1.54, 1.807) is 26.8 Å². The van der Waals surface area contributed by atoms with Crippen molar-refractivity contribution < 1.29 is 19.8 Å². The summed E-state index contributed by atoms with van der Waals surface area (Å²) in [7, 11) is 0. The van der Waals surface area contributed by atoms with Crippen molar-refractivity contribution in [3.8, 4) is 0 Å². The lowest BCUT2D eigenvalue weighted by Gasteiger charge is -2.05. The van der Waals surface area contributed by atoms with Crippen LogP contribution in [0.15, 0.2) is 23.3 Å². The Labute approximate surface area is 88.9 Å². The van der Waals surface area contributed by atoms with Crippen LogP contribution in [0.1, 0.15) is 27.2 Å². The average Bonchev–Trinajstić information content (AvgIpc) is 2.00. The third-order valence-electron chi connectivity index (χ3n) is 1.87. The molecule has 4 nitrogen and oxygen atoms in total. The van der Waals surface area contributed by atoms with Gasteiger partial charge in [-0.25, -0.2) is 4.79 Å². The molecule has 1 unspecified atom stereocenters. The van der Waals surface area contributed by atoms with E-state index in [2.05, 4.69) is 0 Å². The highest BCUT2D eigenvalue weighted by Gasteiger charge is 2.10. The number of hydrogen-bond donors (Lipinski definition) is 2. The van der Waals surface area contributed by atoms with Gasteiger partial charge in [-0.1, -0.05) is 18.6 Å². The maximum Gasteiger partial charge on any atom is 0.328 e. The molecule has 0 saturated carbocycles. The maximum atomic E-state index is 10.6. The number of allylic oxidation sites excluding steroid dienone is 3. The Morgan fingerprint density at radius 1 is 1.20 bits per heavy atom. The summed E-state index contributed by atoms with van der Waals surface area (Å²) >= 11 is 0. The second-order valence-electron chi connectivity index (χ2n) is 3.66. The molecule has 0 aliphatic carbocycles.